The minimum absolute atomic E-state index is 0.0511. The van der Waals surface area contributed by atoms with E-state index in [2.05, 4.69) is 41.5 Å². The Hall–Kier alpha value is -3.08. The molecule has 5 nitrogen and oxygen atoms in total. The lowest BCUT2D eigenvalue weighted by Crippen LogP contribution is -2.32. The smallest absolute Gasteiger partial charge is 0.194 e. The number of rotatable bonds is 4. The fourth-order valence-electron chi connectivity index (χ4n) is 4.55. The second kappa shape index (κ2) is 7.39. The third-order valence-corrected chi connectivity index (χ3v) is 6.75. The van der Waals surface area contributed by atoms with Crippen LogP contribution in [0.1, 0.15) is 33.6 Å². The second-order valence-corrected chi connectivity index (χ2v) is 8.56. The standard InChI is InChI=1S/C24H26N4O/c1-23(2)20-14-15-24(23,3)22(29)19(20)16-21(27-25-17-10-6-4-7-11-17)28-26-18-12-8-5-9-13-18/h4-13,16,20,25H,14-15H2,1-3H3/b19-16-,27-21+,28-26?. The quantitative estimate of drug-likeness (QED) is 0.225. The van der Waals surface area contributed by atoms with Gasteiger partial charge < -0.3 is 0 Å². The largest absolute Gasteiger partial charge is 0.294 e. The lowest BCUT2D eigenvalue weighted by Gasteiger charge is -2.31. The first kappa shape index (κ1) is 19.2. The number of allylic oxidation sites excluding steroid dienone is 1. The molecule has 0 radical (unpaired) electrons. The van der Waals surface area contributed by atoms with Gasteiger partial charge >= 0.3 is 0 Å². The number of hydrogen-bond donors (Lipinski definition) is 1. The minimum atomic E-state index is -0.307. The number of benzene rings is 2. The molecule has 0 heterocycles. The Kier molecular flexibility index (Phi) is 4.91. The van der Waals surface area contributed by atoms with E-state index in [1.165, 1.54) is 0 Å². The summed E-state index contributed by atoms with van der Waals surface area (Å²) in [6, 6.07) is 19.2. The zero-order valence-corrected chi connectivity index (χ0v) is 17.1. The molecule has 2 aliphatic carbocycles. The molecule has 0 aliphatic heterocycles. The third kappa shape index (κ3) is 3.41. The highest BCUT2D eigenvalue weighted by atomic mass is 16.1. The van der Waals surface area contributed by atoms with E-state index < -0.39 is 0 Å². The second-order valence-electron chi connectivity index (χ2n) is 8.56. The molecule has 0 spiro atoms. The maximum absolute atomic E-state index is 13.2. The van der Waals surface area contributed by atoms with Gasteiger partial charge in [0.25, 0.3) is 0 Å². The molecule has 2 fully saturated rings. The van der Waals surface area contributed by atoms with Crippen LogP contribution in [0.4, 0.5) is 11.4 Å². The maximum atomic E-state index is 13.2. The number of ketones is 1. The van der Waals surface area contributed by atoms with E-state index in [0.717, 1.165) is 29.8 Å². The van der Waals surface area contributed by atoms with Crippen molar-refractivity contribution < 1.29 is 4.79 Å². The van der Waals surface area contributed by atoms with Crippen molar-refractivity contribution in [1.29, 1.82) is 0 Å². The van der Waals surface area contributed by atoms with E-state index >= 15 is 0 Å². The minimum Gasteiger partial charge on any atom is -0.294 e. The van der Waals surface area contributed by atoms with Crippen LogP contribution in [0, 0.1) is 16.7 Å². The number of para-hydroxylation sites is 1. The molecule has 2 saturated carbocycles. The lowest BCUT2D eigenvalue weighted by molar-refractivity contribution is -0.125. The number of Topliss-reactive ketones (excluding diaryl/α,β-unsaturated/α-hetero) is 1. The van der Waals surface area contributed by atoms with E-state index in [4.69, 9.17) is 0 Å². The van der Waals surface area contributed by atoms with E-state index in [-0.39, 0.29) is 22.5 Å². The van der Waals surface area contributed by atoms with Crippen LogP contribution in [0.3, 0.4) is 0 Å². The van der Waals surface area contributed by atoms with Crippen molar-refractivity contribution in [2.45, 2.75) is 33.6 Å². The number of azo groups is 1. The Morgan fingerprint density at radius 3 is 2.31 bits per heavy atom. The van der Waals surface area contributed by atoms with Gasteiger partial charge in [0.05, 0.1) is 11.4 Å². The Morgan fingerprint density at radius 1 is 1.03 bits per heavy atom. The fourth-order valence-corrected chi connectivity index (χ4v) is 4.55. The molecule has 2 aliphatic rings. The molecule has 0 amide bonds. The van der Waals surface area contributed by atoms with Crippen LogP contribution in [0.2, 0.25) is 0 Å². The molecule has 29 heavy (non-hydrogen) atoms. The van der Waals surface area contributed by atoms with E-state index in [1.807, 2.05) is 66.7 Å². The molecule has 0 aromatic heterocycles. The van der Waals surface area contributed by atoms with Crippen molar-refractivity contribution in [3.8, 4) is 0 Å². The van der Waals surface area contributed by atoms with Gasteiger partial charge in [-0.05, 0) is 54.5 Å². The Balaban J connectivity index is 1.68. The van der Waals surface area contributed by atoms with Crippen LogP contribution in [0.25, 0.3) is 0 Å². The molecular weight excluding hydrogens is 360 g/mol. The number of hydrogen-bond acceptors (Lipinski definition) is 4. The highest BCUT2D eigenvalue weighted by Gasteiger charge is 2.63. The van der Waals surface area contributed by atoms with Gasteiger partial charge in [0.2, 0.25) is 0 Å². The summed E-state index contributed by atoms with van der Waals surface area (Å²) in [5, 5.41) is 13.1. The first-order valence-corrected chi connectivity index (χ1v) is 10.0. The number of amidine groups is 1. The monoisotopic (exact) mass is 386 g/mol. The van der Waals surface area contributed by atoms with Crippen LogP contribution >= 0.6 is 0 Å². The number of fused-ring (bicyclic) bond motifs is 2. The van der Waals surface area contributed by atoms with Gasteiger partial charge in [-0.25, -0.2) is 0 Å². The van der Waals surface area contributed by atoms with Crippen molar-refractivity contribution in [3.63, 3.8) is 0 Å². The van der Waals surface area contributed by atoms with Gasteiger partial charge in [0.15, 0.2) is 11.6 Å². The zero-order chi connectivity index (χ0) is 20.5. The SMILES string of the molecule is CC12CCC(/C(=C/C(N=Nc3ccccc3)=N\Nc3ccccc3)C1=O)C2(C)C. The average Bonchev–Trinajstić information content (AvgIpc) is 3.05. The van der Waals surface area contributed by atoms with Gasteiger partial charge in [-0.2, -0.15) is 5.10 Å². The number of nitrogens with zero attached hydrogens (tertiary/aromatic N) is 3. The van der Waals surface area contributed by atoms with Gasteiger partial charge in [0, 0.05) is 11.0 Å². The number of carbonyl (C=O) groups is 1. The zero-order valence-electron chi connectivity index (χ0n) is 17.1. The van der Waals surface area contributed by atoms with Gasteiger partial charge in [-0.3, -0.25) is 10.2 Å². The average molecular weight is 386 g/mol. The summed E-state index contributed by atoms with van der Waals surface area (Å²) in [7, 11) is 0. The number of hydrazone groups is 1. The van der Waals surface area contributed by atoms with Gasteiger partial charge in [-0.1, -0.05) is 57.2 Å². The Morgan fingerprint density at radius 2 is 1.69 bits per heavy atom. The summed E-state index contributed by atoms with van der Waals surface area (Å²) < 4.78 is 0. The van der Waals surface area contributed by atoms with Crippen molar-refractivity contribution in [3.05, 3.63) is 72.3 Å². The number of carbonyl (C=O) groups excluding carboxylic acids is 1. The summed E-state index contributed by atoms with van der Waals surface area (Å²) in [6.07, 6.45) is 3.79. The van der Waals surface area contributed by atoms with E-state index in [1.54, 1.807) is 0 Å². The molecule has 0 saturated heterocycles. The predicted molar refractivity (Wildman–Crippen MR) is 116 cm³/mol. The molecule has 148 valence electrons. The highest BCUT2D eigenvalue weighted by molar-refractivity contribution is 6.10. The first-order chi connectivity index (χ1) is 13.9. The van der Waals surface area contributed by atoms with E-state index in [0.29, 0.717) is 5.84 Å². The summed E-state index contributed by atoms with van der Waals surface area (Å²) in [6.45, 7) is 6.50. The van der Waals surface area contributed by atoms with Crippen molar-refractivity contribution in [2.24, 2.45) is 32.1 Å². The van der Waals surface area contributed by atoms with Crippen LogP contribution in [0.5, 0.6) is 0 Å². The van der Waals surface area contributed by atoms with Crippen molar-refractivity contribution >= 4 is 23.0 Å². The summed E-state index contributed by atoms with van der Waals surface area (Å²) in [4.78, 5) is 13.2. The Labute approximate surface area is 171 Å². The molecular formula is C24H26N4O. The van der Waals surface area contributed by atoms with Gasteiger partial charge in [-0.15, -0.1) is 10.2 Å². The number of nitrogens with one attached hydrogen (secondary N) is 1. The molecule has 2 aromatic rings. The lowest BCUT2D eigenvalue weighted by atomic mass is 9.70. The van der Waals surface area contributed by atoms with Gasteiger partial charge in [0.1, 0.15) is 0 Å². The van der Waals surface area contributed by atoms with Crippen molar-refractivity contribution in [1.82, 2.24) is 0 Å². The van der Waals surface area contributed by atoms with Crippen LogP contribution in [0.15, 0.2) is 87.6 Å². The van der Waals surface area contributed by atoms with Crippen LogP contribution in [-0.4, -0.2) is 11.6 Å². The number of anilines is 1. The predicted octanol–water partition coefficient (Wildman–Crippen LogP) is 6.15. The summed E-state index contributed by atoms with van der Waals surface area (Å²) in [5.74, 6) is 0.850. The summed E-state index contributed by atoms with van der Waals surface area (Å²) >= 11 is 0. The molecule has 4 rings (SSSR count). The van der Waals surface area contributed by atoms with Crippen LogP contribution < -0.4 is 5.43 Å². The molecule has 2 unspecified atom stereocenters. The summed E-state index contributed by atoms with van der Waals surface area (Å²) in [5.41, 5.74) is 5.08. The first-order valence-electron chi connectivity index (χ1n) is 10.0. The molecule has 2 bridgehead atoms. The molecule has 5 heteroatoms. The van der Waals surface area contributed by atoms with Crippen molar-refractivity contribution in [2.75, 3.05) is 5.43 Å². The Bertz CT molecular complexity index is 992. The third-order valence-electron chi connectivity index (χ3n) is 6.75. The molecule has 1 N–H and O–H groups in total. The van der Waals surface area contributed by atoms with E-state index in [9.17, 15) is 4.79 Å². The maximum Gasteiger partial charge on any atom is 0.194 e. The fraction of sp³-hybridized carbons (Fsp3) is 0.333. The molecule has 2 atom stereocenters. The normalized spacial score (nSPS) is 27.1. The highest BCUT2D eigenvalue weighted by Crippen LogP contribution is 2.65. The molecule has 2 aromatic carbocycles. The topological polar surface area (TPSA) is 66.2 Å². The van der Waals surface area contributed by atoms with Crippen LogP contribution in [-0.2, 0) is 4.79 Å².